The van der Waals surface area contributed by atoms with Crippen LogP contribution in [0.2, 0.25) is 0 Å². The van der Waals surface area contributed by atoms with E-state index in [1.165, 1.54) is 11.1 Å². The van der Waals surface area contributed by atoms with Gasteiger partial charge < -0.3 is 9.30 Å². The lowest BCUT2D eigenvalue weighted by Gasteiger charge is -2.17. The molecule has 0 radical (unpaired) electrons. The van der Waals surface area contributed by atoms with Gasteiger partial charge in [0.25, 0.3) is 0 Å². The van der Waals surface area contributed by atoms with Gasteiger partial charge in [-0.05, 0) is 37.6 Å². The molecule has 4 rings (SSSR count). The van der Waals surface area contributed by atoms with Crippen LogP contribution in [0.15, 0.2) is 42.6 Å². The Morgan fingerprint density at radius 3 is 2.85 bits per heavy atom. The molecule has 1 aliphatic rings. The molecule has 0 N–H and O–H groups in total. The van der Waals surface area contributed by atoms with Crippen LogP contribution in [0.5, 0.6) is 0 Å². The third-order valence-electron chi connectivity index (χ3n) is 5.22. The van der Waals surface area contributed by atoms with Crippen molar-refractivity contribution < 1.29 is 4.74 Å². The fraction of sp³-hybridized carbons (Fsp3) is 0.429. The van der Waals surface area contributed by atoms with Gasteiger partial charge >= 0.3 is 0 Å². The first-order valence-corrected chi connectivity index (χ1v) is 9.32. The molecule has 1 atom stereocenters. The molecule has 0 amide bonds. The van der Waals surface area contributed by atoms with Gasteiger partial charge in [0, 0.05) is 38.9 Å². The summed E-state index contributed by atoms with van der Waals surface area (Å²) in [4.78, 5) is 12.0. The first-order valence-electron chi connectivity index (χ1n) is 9.32. The summed E-state index contributed by atoms with van der Waals surface area (Å²) in [6.45, 7) is 6.77. The Morgan fingerprint density at radius 1 is 1.19 bits per heavy atom. The Labute approximate surface area is 154 Å². The number of hydrogen-bond donors (Lipinski definition) is 0. The molecular weight excluding hydrogens is 324 g/mol. The lowest BCUT2D eigenvalue weighted by molar-refractivity contribution is 0.186. The predicted octanol–water partition coefficient (Wildman–Crippen LogP) is 3.38. The molecule has 0 saturated carbocycles. The molecule has 136 valence electrons. The summed E-state index contributed by atoms with van der Waals surface area (Å²) in [5.41, 5.74) is 4.64. The molecule has 1 aromatic carbocycles. The van der Waals surface area contributed by atoms with Crippen LogP contribution in [0.25, 0.3) is 11.2 Å². The zero-order valence-corrected chi connectivity index (χ0v) is 15.6. The van der Waals surface area contributed by atoms with Crippen LogP contribution in [-0.2, 0) is 17.8 Å². The van der Waals surface area contributed by atoms with E-state index < -0.39 is 0 Å². The summed E-state index contributed by atoms with van der Waals surface area (Å²) in [5.74, 6) is 1.61. The number of ether oxygens (including phenoxy) is 1. The summed E-state index contributed by atoms with van der Waals surface area (Å²) in [7, 11) is 1.74. The van der Waals surface area contributed by atoms with E-state index >= 15 is 0 Å². The van der Waals surface area contributed by atoms with E-state index in [0.717, 1.165) is 49.6 Å². The number of likely N-dealkylation sites (tertiary alicyclic amines) is 1. The molecule has 0 spiro atoms. The molecule has 5 nitrogen and oxygen atoms in total. The van der Waals surface area contributed by atoms with E-state index in [-0.39, 0.29) is 0 Å². The number of aromatic nitrogens is 3. The second-order valence-electron chi connectivity index (χ2n) is 7.17. The number of rotatable bonds is 6. The van der Waals surface area contributed by atoms with Crippen molar-refractivity contribution in [3.63, 3.8) is 0 Å². The van der Waals surface area contributed by atoms with Crippen molar-refractivity contribution in [3.8, 4) is 0 Å². The molecule has 5 heteroatoms. The smallest absolute Gasteiger partial charge is 0.160 e. The van der Waals surface area contributed by atoms with Crippen molar-refractivity contribution >= 4 is 11.2 Å². The van der Waals surface area contributed by atoms with E-state index in [4.69, 9.17) is 9.72 Å². The fourth-order valence-corrected chi connectivity index (χ4v) is 3.83. The van der Waals surface area contributed by atoms with E-state index in [9.17, 15) is 0 Å². The Morgan fingerprint density at radius 2 is 2.04 bits per heavy atom. The van der Waals surface area contributed by atoms with Gasteiger partial charge in [0.15, 0.2) is 5.65 Å². The topological polar surface area (TPSA) is 43.2 Å². The van der Waals surface area contributed by atoms with Crippen LogP contribution >= 0.6 is 0 Å². The molecular formula is C21H26N4O. The van der Waals surface area contributed by atoms with Gasteiger partial charge in [-0.3, -0.25) is 4.90 Å². The molecule has 26 heavy (non-hydrogen) atoms. The summed E-state index contributed by atoms with van der Waals surface area (Å²) in [5, 5.41) is 0. The van der Waals surface area contributed by atoms with Crippen molar-refractivity contribution in [1.29, 1.82) is 0 Å². The van der Waals surface area contributed by atoms with Gasteiger partial charge in [0.1, 0.15) is 11.3 Å². The first kappa shape index (κ1) is 17.2. The molecule has 1 saturated heterocycles. The van der Waals surface area contributed by atoms with Gasteiger partial charge in [-0.15, -0.1) is 0 Å². The maximum Gasteiger partial charge on any atom is 0.160 e. The number of hydrogen-bond acceptors (Lipinski definition) is 4. The predicted molar refractivity (Wildman–Crippen MR) is 103 cm³/mol. The maximum atomic E-state index is 5.30. The van der Waals surface area contributed by atoms with Crippen LogP contribution < -0.4 is 0 Å². The van der Waals surface area contributed by atoms with Crippen LogP contribution in [0, 0.1) is 6.92 Å². The number of imidazole rings is 1. The molecule has 3 heterocycles. The summed E-state index contributed by atoms with van der Waals surface area (Å²) in [6, 6.07) is 12.9. The number of pyridine rings is 1. The van der Waals surface area contributed by atoms with Crippen LogP contribution in [0.4, 0.5) is 0 Å². The lowest BCUT2D eigenvalue weighted by Crippen LogP contribution is -2.21. The fourth-order valence-electron chi connectivity index (χ4n) is 3.83. The highest BCUT2D eigenvalue weighted by molar-refractivity contribution is 5.71. The van der Waals surface area contributed by atoms with E-state index in [0.29, 0.717) is 12.5 Å². The van der Waals surface area contributed by atoms with Crippen molar-refractivity contribution in [2.75, 3.05) is 26.8 Å². The zero-order chi connectivity index (χ0) is 17.9. The molecule has 1 aliphatic heterocycles. The molecule has 3 aromatic rings. The van der Waals surface area contributed by atoms with Crippen molar-refractivity contribution in [2.24, 2.45) is 0 Å². The number of aryl methyl sites for hydroxylation is 1. The van der Waals surface area contributed by atoms with Crippen LogP contribution in [0.3, 0.4) is 0 Å². The average Bonchev–Trinajstić information content (AvgIpc) is 3.26. The number of benzene rings is 1. The van der Waals surface area contributed by atoms with Crippen molar-refractivity contribution in [1.82, 2.24) is 19.4 Å². The third-order valence-corrected chi connectivity index (χ3v) is 5.22. The largest absolute Gasteiger partial charge is 0.383 e. The monoisotopic (exact) mass is 350 g/mol. The van der Waals surface area contributed by atoms with Gasteiger partial charge in [0.05, 0.1) is 6.61 Å². The standard InChI is InChI=1S/C21H26N4O/c1-16-5-7-17(8-6-16)14-24-11-9-18(15-24)20-23-19-4-3-10-22-21(19)25(20)12-13-26-2/h3-8,10,18H,9,11-15H2,1-2H3. The first-order chi connectivity index (χ1) is 12.7. The minimum atomic E-state index is 0.450. The zero-order valence-electron chi connectivity index (χ0n) is 15.6. The van der Waals surface area contributed by atoms with E-state index in [2.05, 4.69) is 45.6 Å². The quantitative estimate of drug-likeness (QED) is 0.684. The summed E-state index contributed by atoms with van der Waals surface area (Å²) < 4.78 is 7.55. The van der Waals surface area contributed by atoms with Crippen LogP contribution in [-0.4, -0.2) is 46.2 Å². The molecule has 0 aliphatic carbocycles. The van der Waals surface area contributed by atoms with Crippen LogP contribution in [0.1, 0.15) is 29.3 Å². The Balaban J connectivity index is 1.53. The van der Waals surface area contributed by atoms with E-state index in [1.807, 2.05) is 18.3 Å². The molecule has 1 fully saturated rings. The Bertz CT molecular complexity index is 871. The number of nitrogens with zero attached hydrogens (tertiary/aromatic N) is 4. The van der Waals surface area contributed by atoms with Gasteiger partial charge in [-0.25, -0.2) is 9.97 Å². The second kappa shape index (κ2) is 7.56. The Hall–Kier alpha value is -2.24. The highest BCUT2D eigenvalue weighted by atomic mass is 16.5. The van der Waals surface area contributed by atoms with Gasteiger partial charge in [-0.2, -0.15) is 0 Å². The average molecular weight is 350 g/mol. The summed E-state index contributed by atoms with van der Waals surface area (Å²) >= 11 is 0. The normalized spacial score (nSPS) is 18.0. The number of methoxy groups -OCH3 is 1. The molecule has 1 unspecified atom stereocenters. The molecule has 0 bridgehead atoms. The minimum absolute atomic E-state index is 0.450. The minimum Gasteiger partial charge on any atom is -0.383 e. The highest BCUT2D eigenvalue weighted by Gasteiger charge is 2.28. The van der Waals surface area contributed by atoms with Crippen molar-refractivity contribution in [2.45, 2.75) is 32.4 Å². The van der Waals surface area contributed by atoms with Gasteiger partial charge in [0.2, 0.25) is 0 Å². The maximum absolute atomic E-state index is 5.30. The lowest BCUT2D eigenvalue weighted by atomic mass is 10.1. The molecule has 2 aromatic heterocycles. The van der Waals surface area contributed by atoms with E-state index in [1.54, 1.807) is 7.11 Å². The van der Waals surface area contributed by atoms with Crippen molar-refractivity contribution in [3.05, 3.63) is 59.5 Å². The summed E-state index contributed by atoms with van der Waals surface area (Å²) in [6.07, 6.45) is 2.98. The third kappa shape index (κ3) is 3.50. The highest BCUT2D eigenvalue weighted by Crippen LogP contribution is 2.29. The Kier molecular flexibility index (Phi) is 5.00. The SMILES string of the molecule is COCCn1c(C2CCN(Cc3ccc(C)cc3)C2)nc2cccnc21. The number of fused-ring (bicyclic) bond motifs is 1. The second-order valence-corrected chi connectivity index (χ2v) is 7.17. The van der Waals surface area contributed by atoms with Gasteiger partial charge in [-0.1, -0.05) is 29.8 Å².